The summed E-state index contributed by atoms with van der Waals surface area (Å²) in [5, 5.41) is 1.97. The molecule has 0 amide bonds. The van der Waals surface area contributed by atoms with Crippen LogP contribution in [-0.2, 0) is 19.7 Å². The molecule has 3 rings (SSSR count). The topological polar surface area (TPSA) is 99.4 Å². The fourth-order valence-corrected chi connectivity index (χ4v) is 4.28. The predicted octanol–water partition coefficient (Wildman–Crippen LogP) is 1.20. The maximum absolute atomic E-state index is 12.4. The lowest BCUT2D eigenvalue weighted by molar-refractivity contribution is 0.295. The Morgan fingerprint density at radius 1 is 0.870 bits per heavy atom. The molecule has 1 saturated heterocycles. The minimum absolute atomic E-state index is 0.182. The molecule has 2 aromatic rings. The van der Waals surface area contributed by atoms with Crippen molar-refractivity contribution in [2.45, 2.75) is 21.4 Å². The number of rotatable bonds is 5. The Bertz CT molecular complexity index is 906. The zero-order valence-electron chi connectivity index (χ0n) is 12.2. The van der Waals surface area contributed by atoms with E-state index in [0.29, 0.717) is 5.75 Å². The summed E-state index contributed by atoms with van der Waals surface area (Å²) in [6.45, 7) is 0. The fourth-order valence-electron chi connectivity index (χ4n) is 2.12. The van der Waals surface area contributed by atoms with E-state index in [1.54, 1.807) is 18.2 Å². The van der Waals surface area contributed by atoms with Crippen molar-refractivity contribution in [3.05, 3.63) is 54.6 Å². The molecule has 0 radical (unpaired) electrons. The predicted molar refractivity (Wildman–Crippen MR) is 84.5 cm³/mol. The lowest BCUT2D eigenvalue weighted by Crippen LogP contribution is -2.14. The Morgan fingerprint density at radius 3 is 2.04 bits per heavy atom. The molecule has 2 atom stereocenters. The Hall–Kier alpha value is -1.90. The molecule has 2 unspecified atom stereocenters. The fraction of sp³-hybridized carbons (Fsp3) is 0.200. The van der Waals surface area contributed by atoms with Crippen LogP contribution < -0.4 is 10.1 Å². The summed E-state index contributed by atoms with van der Waals surface area (Å²) >= 11 is 0. The summed E-state index contributed by atoms with van der Waals surface area (Å²) in [5.41, 5.74) is 0. The van der Waals surface area contributed by atoms with Crippen LogP contribution in [0.5, 0.6) is 5.75 Å². The molecule has 6 nitrogen and oxygen atoms in total. The smallest absolute Gasteiger partial charge is 0.199 e. The van der Waals surface area contributed by atoms with Crippen LogP contribution in [-0.4, -0.2) is 34.7 Å². The van der Waals surface area contributed by atoms with Crippen molar-refractivity contribution >= 4 is 19.7 Å². The number of hydrogen-bond acceptors (Lipinski definition) is 6. The molecule has 0 aliphatic carbocycles. The maximum Gasteiger partial charge on any atom is 0.199 e. The first kappa shape index (κ1) is 16.0. The molecule has 1 aliphatic rings. The summed E-state index contributed by atoms with van der Waals surface area (Å²) in [6.07, 6.45) is 0.470. The first-order chi connectivity index (χ1) is 10.8. The molecule has 1 fully saturated rings. The summed E-state index contributed by atoms with van der Waals surface area (Å²) in [6, 6.07) is 14.0. The minimum Gasteiger partial charge on any atom is -0.472 e. The highest BCUT2D eigenvalue weighted by atomic mass is 32.2. The Balaban J connectivity index is 1.70. The van der Waals surface area contributed by atoms with Gasteiger partial charge in [-0.15, -0.1) is 0 Å². The molecule has 0 spiro atoms. The first-order valence-corrected chi connectivity index (χ1v) is 10.2. The Morgan fingerprint density at radius 2 is 1.48 bits per heavy atom. The van der Waals surface area contributed by atoms with Gasteiger partial charge in [0.25, 0.3) is 0 Å². The van der Waals surface area contributed by atoms with E-state index in [-0.39, 0.29) is 9.79 Å². The third-order valence-electron chi connectivity index (χ3n) is 3.42. The van der Waals surface area contributed by atoms with Crippen molar-refractivity contribution in [2.24, 2.45) is 0 Å². The van der Waals surface area contributed by atoms with Crippen molar-refractivity contribution in [3.8, 4) is 5.75 Å². The Labute approximate surface area is 134 Å². The number of sulfone groups is 2. The number of ether oxygens (including phenoxy) is 1. The van der Waals surface area contributed by atoms with Crippen LogP contribution in [0.2, 0.25) is 0 Å². The van der Waals surface area contributed by atoms with Gasteiger partial charge in [-0.1, -0.05) is 18.2 Å². The normalized spacial score (nSPS) is 20.9. The summed E-state index contributed by atoms with van der Waals surface area (Å²) in [7, 11) is -6.77. The van der Waals surface area contributed by atoms with E-state index in [4.69, 9.17) is 4.74 Å². The average molecular weight is 353 g/mol. The molecule has 1 N–H and O–H groups in total. The van der Waals surface area contributed by atoms with Gasteiger partial charge in [0.05, 0.1) is 9.79 Å². The molecule has 1 aliphatic heterocycles. The van der Waals surface area contributed by atoms with E-state index in [1.165, 1.54) is 36.4 Å². The van der Waals surface area contributed by atoms with E-state index in [9.17, 15) is 16.8 Å². The van der Waals surface area contributed by atoms with Crippen LogP contribution in [0.4, 0.5) is 0 Å². The maximum atomic E-state index is 12.4. The highest BCUT2D eigenvalue weighted by Crippen LogP contribution is 2.28. The van der Waals surface area contributed by atoms with Gasteiger partial charge in [0.1, 0.15) is 5.75 Å². The van der Waals surface area contributed by atoms with Crippen molar-refractivity contribution in [2.75, 3.05) is 6.26 Å². The van der Waals surface area contributed by atoms with E-state index >= 15 is 0 Å². The van der Waals surface area contributed by atoms with Crippen LogP contribution in [0.1, 0.15) is 0 Å². The van der Waals surface area contributed by atoms with Gasteiger partial charge in [0.2, 0.25) is 0 Å². The lowest BCUT2D eigenvalue weighted by Gasteiger charge is -2.06. The van der Waals surface area contributed by atoms with Gasteiger partial charge >= 0.3 is 0 Å². The standard InChI is InChI=1S/C15H15NO5S2/c1-22(17,18)12-9-7-11(8-10-12)21-14-15(16-14)23(19,20)13-5-3-2-4-6-13/h2-10,14-16H,1H3. The van der Waals surface area contributed by atoms with E-state index < -0.39 is 31.3 Å². The number of hydrogen-bond donors (Lipinski definition) is 1. The van der Waals surface area contributed by atoms with Crippen LogP contribution in [0.3, 0.4) is 0 Å². The molecular weight excluding hydrogens is 338 g/mol. The largest absolute Gasteiger partial charge is 0.472 e. The highest BCUT2D eigenvalue weighted by molar-refractivity contribution is 7.92. The average Bonchev–Trinajstić information content (AvgIpc) is 3.28. The van der Waals surface area contributed by atoms with Crippen LogP contribution in [0.25, 0.3) is 0 Å². The van der Waals surface area contributed by atoms with Gasteiger partial charge in [0, 0.05) is 6.26 Å². The van der Waals surface area contributed by atoms with Crippen LogP contribution in [0, 0.1) is 0 Å². The zero-order valence-corrected chi connectivity index (χ0v) is 13.8. The third kappa shape index (κ3) is 3.39. The van der Waals surface area contributed by atoms with Crippen molar-refractivity contribution < 1.29 is 21.6 Å². The van der Waals surface area contributed by atoms with Gasteiger partial charge in [-0.3, -0.25) is 5.32 Å². The van der Waals surface area contributed by atoms with Gasteiger partial charge in [-0.2, -0.15) is 0 Å². The summed E-state index contributed by atoms with van der Waals surface area (Å²) in [4.78, 5) is 0.415. The monoisotopic (exact) mass is 353 g/mol. The second kappa shape index (κ2) is 5.63. The van der Waals surface area contributed by atoms with E-state index in [2.05, 4.69) is 5.32 Å². The number of nitrogens with one attached hydrogen (secondary N) is 1. The van der Waals surface area contributed by atoms with Gasteiger partial charge < -0.3 is 4.74 Å². The second-order valence-corrected chi connectivity index (χ2v) is 9.31. The SMILES string of the molecule is CS(=O)(=O)c1ccc(OC2NC2S(=O)(=O)c2ccccc2)cc1. The van der Waals surface area contributed by atoms with Crippen molar-refractivity contribution in [3.63, 3.8) is 0 Å². The molecule has 23 heavy (non-hydrogen) atoms. The third-order valence-corrected chi connectivity index (χ3v) is 6.52. The summed E-state index contributed by atoms with van der Waals surface area (Å²) < 4.78 is 53.0. The van der Waals surface area contributed by atoms with Gasteiger partial charge in [0.15, 0.2) is 31.3 Å². The molecule has 122 valence electrons. The highest BCUT2D eigenvalue weighted by Gasteiger charge is 2.49. The molecule has 0 bridgehead atoms. The quantitative estimate of drug-likeness (QED) is 0.811. The van der Waals surface area contributed by atoms with E-state index in [1.807, 2.05) is 0 Å². The molecule has 2 aromatic carbocycles. The van der Waals surface area contributed by atoms with Crippen LogP contribution in [0.15, 0.2) is 64.4 Å². The molecule has 0 aromatic heterocycles. The van der Waals surface area contributed by atoms with Crippen molar-refractivity contribution in [1.82, 2.24) is 5.32 Å². The summed E-state index contributed by atoms with van der Waals surface area (Å²) in [5.74, 6) is 0.403. The van der Waals surface area contributed by atoms with Crippen molar-refractivity contribution in [1.29, 1.82) is 0 Å². The molecule has 8 heteroatoms. The van der Waals surface area contributed by atoms with E-state index in [0.717, 1.165) is 6.26 Å². The second-order valence-electron chi connectivity index (χ2n) is 5.23. The zero-order chi connectivity index (χ0) is 16.7. The molecule has 1 heterocycles. The molecular formula is C15H15NO5S2. The van der Waals surface area contributed by atoms with Gasteiger partial charge in [-0.25, -0.2) is 16.8 Å². The number of benzene rings is 2. The molecule has 0 saturated carbocycles. The van der Waals surface area contributed by atoms with Gasteiger partial charge in [-0.05, 0) is 36.4 Å². The Kier molecular flexibility index (Phi) is 3.91. The van der Waals surface area contributed by atoms with Crippen LogP contribution >= 0.6 is 0 Å². The first-order valence-electron chi connectivity index (χ1n) is 6.80. The minimum atomic E-state index is -3.50. The lowest BCUT2D eigenvalue weighted by atomic mass is 10.3.